The second kappa shape index (κ2) is 3.33. The predicted molar refractivity (Wildman–Crippen MR) is 48.0 cm³/mol. The summed E-state index contributed by atoms with van der Waals surface area (Å²) in [5, 5.41) is 3.43. The van der Waals surface area contributed by atoms with Crippen LogP contribution in [0.4, 0.5) is 0 Å². The molecule has 0 aliphatic carbocycles. The molecule has 0 aromatic heterocycles. The van der Waals surface area contributed by atoms with Crippen LogP contribution in [0.5, 0.6) is 0 Å². The average Bonchev–Trinajstić information content (AvgIpc) is 1.88. The Hall–Kier alpha value is 0.596. The van der Waals surface area contributed by atoms with Gasteiger partial charge in [0.2, 0.25) is 0 Å². The number of rotatable bonds is 0. The molecule has 1 heterocycles. The Labute approximate surface area is 69.6 Å². The van der Waals surface area contributed by atoms with Gasteiger partial charge in [-0.1, -0.05) is 0 Å². The normalized spacial score (nSPS) is 21.3. The topological polar surface area (TPSA) is 12.0 Å². The Kier molecular flexibility index (Phi) is 2.89. The number of hydrogen-bond donors (Lipinski definition) is 1. The van der Waals surface area contributed by atoms with Crippen LogP contribution in [0, 0.1) is 0 Å². The number of hydrogen-bond acceptors (Lipinski definition) is 1. The van der Waals surface area contributed by atoms with E-state index < -0.39 is 16.2 Å². The summed E-state index contributed by atoms with van der Waals surface area (Å²) in [5.74, 6) is 0. The Morgan fingerprint density at radius 3 is 1.90 bits per heavy atom. The zero-order valence-corrected chi connectivity index (χ0v) is 9.83. The molecule has 0 spiro atoms. The molecule has 0 bridgehead atoms. The quantitative estimate of drug-likeness (QED) is 0.586. The van der Waals surface area contributed by atoms with Gasteiger partial charge in [0.05, 0.1) is 0 Å². The van der Waals surface area contributed by atoms with Crippen molar-refractivity contribution in [2.75, 3.05) is 13.1 Å². The fourth-order valence-electron chi connectivity index (χ4n) is 1.69. The van der Waals surface area contributed by atoms with E-state index in [9.17, 15) is 0 Å². The van der Waals surface area contributed by atoms with Crippen LogP contribution in [0.3, 0.4) is 0 Å². The molecule has 10 heavy (non-hydrogen) atoms. The molecule has 0 amide bonds. The first-order valence-corrected chi connectivity index (χ1v) is 8.95. The molecule has 1 rings (SSSR count). The first kappa shape index (κ1) is 8.69. The SMILES string of the molecule is C[C](C)(C)[Ga]1[CH2]CNC[CH2]1. The molecule has 1 saturated heterocycles. The third-order valence-corrected chi connectivity index (χ3v) is 11.8. The second-order valence-electron chi connectivity index (χ2n) is 4.39. The van der Waals surface area contributed by atoms with Crippen molar-refractivity contribution in [3.05, 3.63) is 0 Å². The van der Waals surface area contributed by atoms with Gasteiger partial charge in [-0.25, -0.2) is 0 Å². The van der Waals surface area contributed by atoms with E-state index in [1.165, 1.54) is 13.1 Å². The van der Waals surface area contributed by atoms with Crippen LogP contribution in [-0.2, 0) is 0 Å². The molecule has 1 fully saturated rings. The van der Waals surface area contributed by atoms with E-state index >= 15 is 0 Å². The summed E-state index contributed by atoms with van der Waals surface area (Å²) in [6.07, 6.45) is 0. The number of nitrogens with one attached hydrogen (secondary N) is 1. The summed E-state index contributed by atoms with van der Waals surface area (Å²) in [6, 6.07) is 0. The second-order valence-corrected chi connectivity index (χ2v) is 13.4. The van der Waals surface area contributed by atoms with Crippen LogP contribution < -0.4 is 5.32 Å². The molecule has 0 saturated carbocycles. The molecule has 2 heteroatoms. The Bertz CT molecular complexity index is 100. The third-order valence-electron chi connectivity index (χ3n) is 2.56. The summed E-state index contributed by atoms with van der Waals surface area (Å²) in [6.45, 7) is 9.92. The summed E-state index contributed by atoms with van der Waals surface area (Å²) in [5.41, 5.74) is 0. The third kappa shape index (κ3) is 2.33. The molecular formula is C8H18GaN. The first-order valence-electron chi connectivity index (χ1n) is 4.31. The van der Waals surface area contributed by atoms with E-state index in [4.69, 9.17) is 0 Å². The summed E-state index contributed by atoms with van der Waals surface area (Å²) >= 11 is -0.837. The molecule has 1 aliphatic heterocycles. The fraction of sp³-hybridized carbons (Fsp3) is 1.00. The van der Waals surface area contributed by atoms with Crippen LogP contribution in [0.1, 0.15) is 20.8 Å². The molecular weight excluding hydrogens is 180 g/mol. The maximum atomic E-state index is 3.43. The van der Waals surface area contributed by atoms with Crippen LogP contribution in [0.25, 0.3) is 0 Å². The zero-order chi connectivity index (χ0) is 7.61. The van der Waals surface area contributed by atoms with Crippen molar-refractivity contribution < 1.29 is 0 Å². The van der Waals surface area contributed by atoms with Crippen molar-refractivity contribution in [3.8, 4) is 0 Å². The van der Waals surface area contributed by atoms with E-state index in [0.29, 0.717) is 0 Å². The van der Waals surface area contributed by atoms with Gasteiger partial charge in [0, 0.05) is 0 Å². The van der Waals surface area contributed by atoms with E-state index in [1.54, 1.807) is 9.95 Å². The monoisotopic (exact) mass is 197 g/mol. The Balaban J connectivity index is 2.39. The van der Waals surface area contributed by atoms with Gasteiger partial charge < -0.3 is 0 Å². The molecule has 1 N–H and O–H groups in total. The standard InChI is InChI=1S/C4H9N.C4H9.Ga/c1-3-5-4-2;1-4(2)3;/h5H,1-4H2;1-3H3;. The molecule has 0 aromatic carbocycles. The minimum atomic E-state index is -0.837. The minimum absolute atomic E-state index is 0.717. The van der Waals surface area contributed by atoms with Crippen molar-refractivity contribution in [1.29, 1.82) is 0 Å². The molecule has 0 atom stereocenters. The van der Waals surface area contributed by atoms with Crippen molar-refractivity contribution in [2.45, 2.75) is 34.7 Å². The maximum absolute atomic E-state index is 3.43. The van der Waals surface area contributed by atoms with E-state index in [2.05, 4.69) is 26.1 Å². The van der Waals surface area contributed by atoms with Gasteiger partial charge in [-0.15, -0.1) is 0 Å². The first-order chi connectivity index (χ1) is 4.61. The van der Waals surface area contributed by atoms with Gasteiger partial charge in [-0.3, -0.25) is 0 Å². The average molecular weight is 198 g/mol. The molecule has 0 aromatic rings. The Morgan fingerprint density at radius 1 is 1.10 bits per heavy atom. The van der Waals surface area contributed by atoms with Gasteiger partial charge in [-0.2, -0.15) is 0 Å². The predicted octanol–water partition coefficient (Wildman–Crippen LogP) is 1.88. The van der Waals surface area contributed by atoms with Crippen LogP contribution in [0.15, 0.2) is 0 Å². The van der Waals surface area contributed by atoms with Crippen molar-refractivity contribution in [3.63, 3.8) is 0 Å². The zero-order valence-electron chi connectivity index (χ0n) is 7.41. The fourth-order valence-corrected chi connectivity index (χ4v) is 8.25. The van der Waals surface area contributed by atoms with Crippen molar-refractivity contribution in [2.24, 2.45) is 0 Å². The molecule has 0 unspecified atom stereocenters. The van der Waals surface area contributed by atoms with Gasteiger partial charge in [0.15, 0.2) is 0 Å². The van der Waals surface area contributed by atoms with E-state index in [0.717, 1.165) is 3.97 Å². The van der Waals surface area contributed by atoms with Crippen LogP contribution in [0.2, 0.25) is 13.9 Å². The van der Waals surface area contributed by atoms with E-state index in [1.807, 2.05) is 0 Å². The molecule has 1 nitrogen and oxygen atoms in total. The van der Waals surface area contributed by atoms with Crippen LogP contribution in [-0.4, -0.2) is 29.3 Å². The van der Waals surface area contributed by atoms with Gasteiger partial charge in [0.25, 0.3) is 0 Å². The van der Waals surface area contributed by atoms with Crippen molar-refractivity contribution in [1.82, 2.24) is 5.32 Å². The molecule has 1 aliphatic rings. The van der Waals surface area contributed by atoms with Gasteiger partial charge in [-0.05, 0) is 0 Å². The molecule has 58 valence electrons. The van der Waals surface area contributed by atoms with Crippen LogP contribution >= 0.6 is 0 Å². The summed E-state index contributed by atoms with van der Waals surface area (Å²) in [4.78, 5) is 3.10. The van der Waals surface area contributed by atoms with Crippen molar-refractivity contribution >= 4 is 16.2 Å². The van der Waals surface area contributed by atoms with Gasteiger partial charge >= 0.3 is 69.3 Å². The molecule has 0 radical (unpaired) electrons. The summed E-state index contributed by atoms with van der Waals surface area (Å²) in [7, 11) is 0. The van der Waals surface area contributed by atoms with Gasteiger partial charge in [0.1, 0.15) is 0 Å². The van der Waals surface area contributed by atoms with E-state index in [-0.39, 0.29) is 0 Å². The Morgan fingerprint density at radius 2 is 1.60 bits per heavy atom. The summed E-state index contributed by atoms with van der Waals surface area (Å²) < 4.78 is 0.717.